The lowest BCUT2D eigenvalue weighted by Crippen LogP contribution is -2.35. The van der Waals surface area contributed by atoms with Gasteiger partial charge in [-0.1, -0.05) is 29.8 Å². The highest BCUT2D eigenvalue weighted by Gasteiger charge is 2.05. The van der Waals surface area contributed by atoms with Crippen molar-refractivity contribution in [1.82, 2.24) is 10.2 Å². The summed E-state index contributed by atoms with van der Waals surface area (Å²) in [5.41, 5.74) is 2.36. The van der Waals surface area contributed by atoms with Crippen LogP contribution in [-0.4, -0.2) is 44.7 Å². The van der Waals surface area contributed by atoms with Crippen LogP contribution in [0.15, 0.2) is 24.3 Å². The normalized spacial score (nSPS) is 10.7. The summed E-state index contributed by atoms with van der Waals surface area (Å²) in [6, 6.07) is 8.19. The highest BCUT2D eigenvalue weighted by atomic mass is 16.5. The molecule has 0 bridgehead atoms. The molecule has 4 nitrogen and oxygen atoms in total. The van der Waals surface area contributed by atoms with Crippen LogP contribution in [0, 0.1) is 6.92 Å². The number of amides is 1. The second-order valence-electron chi connectivity index (χ2n) is 4.85. The van der Waals surface area contributed by atoms with Gasteiger partial charge in [0.1, 0.15) is 0 Å². The van der Waals surface area contributed by atoms with Gasteiger partial charge in [0.15, 0.2) is 0 Å². The summed E-state index contributed by atoms with van der Waals surface area (Å²) in [4.78, 5) is 13.7. The first-order valence-corrected chi connectivity index (χ1v) is 6.61. The van der Waals surface area contributed by atoms with Crippen molar-refractivity contribution in [3.63, 3.8) is 0 Å². The summed E-state index contributed by atoms with van der Waals surface area (Å²) in [5.74, 6) is 0.0560. The van der Waals surface area contributed by atoms with Gasteiger partial charge in [0.2, 0.25) is 5.91 Å². The van der Waals surface area contributed by atoms with Crippen LogP contribution in [0.4, 0.5) is 0 Å². The minimum Gasteiger partial charge on any atom is -0.385 e. The Morgan fingerprint density at radius 1 is 1.32 bits per heavy atom. The predicted molar refractivity (Wildman–Crippen MR) is 77.0 cm³/mol. The molecule has 19 heavy (non-hydrogen) atoms. The lowest BCUT2D eigenvalue weighted by Gasteiger charge is -2.15. The Morgan fingerprint density at radius 3 is 2.63 bits per heavy atom. The third-order valence-corrected chi connectivity index (χ3v) is 2.91. The van der Waals surface area contributed by atoms with E-state index in [2.05, 4.69) is 24.4 Å². The van der Waals surface area contributed by atoms with Crippen LogP contribution in [0.2, 0.25) is 0 Å². The number of carbonyl (C=O) groups excluding carboxylic acids is 1. The molecular formula is C15H24N2O2. The Morgan fingerprint density at radius 2 is 2.00 bits per heavy atom. The average Bonchev–Trinajstić information content (AvgIpc) is 2.38. The van der Waals surface area contributed by atoms with E-state index < -0.39 is 0 Å². The molecule has 0 aliphatic rings. The fourth-order valence-corrected chi connectivity index (χ4v) is 1.77. The zero-order valence-electron chi connectivity index (χ0n) is 12.1. The SMILES string of the molecule is COCCCN(C)CC(=O)NCc1ccc(C)cc1. The van der Waals surface area contributed by atoms with E-state index >= 15 is 0 Å². The third-order valence-electron chi connectivity index (χ3n) is 2.91. The topological polar surface area (TPSA) is 41.6 Å². The zero-order valence-corrected chi connectivity index (χ0v) is 12.1. The standard InChI is InChI=1S/C15H24N2O2/c1-13-5-7-14(8-6-13)11-16-15(18)12-17(2)9-4-10-19-3/h5-8H,4,9-12H2,1-3H3,(H,16,18). The van der Waals surface area contributed by atoms with Crippen molar-refractivity contribution in [2.75, 3.05) is 33.9 Å². The van der Waals surface area contributed by atoms with Gasteiger partial charge in [-0.3, -0.25) is 9.69 Å². The summed E-state index contributed by atoms with van der Waals surface area (Å²) in [6.07, 6.45) is 0.943. The second-order valence-corrected chi connectivity index (χ2v) is 4.85. The number of likely N-dealkylation sites (N-methyl/N-ethyl adjacent to an activating group) is 1. The lowest BCUT2D eigenvalue weighted by atomic mass is 10.1. The quantitative estimate of drug-likeness (QED) is 0.725. The van der Waals surface area contributed by atoms with Gasteiger partial charge in [-0.2, -0.15) is 0 Å². The first-order chi connectivity index (χ1) is 9.11. The molecule has 0 fully saturated rings. The number of benzene rings is 1. The molecule has 106 valence electrons. The monoisotopic (exact) mass is 264 g/mol. The third kappa shape index (κ3) is 6.94. The number of hydrogen-bond acceptors (Lipinski definition) is 3. The second kappa shape index (κ2) is 8.67. The van der Waals surface area contributed by atoms with Gasteiger partial charge in [-0.15, -0.1) is 0 Å². The molecule has 1 N–H and O–H groups in total. The van der Waals surface area contributed by atoms with Crippen LogP contribution in [0.3, 0.4) is 0 Å². The van der Waals surface area contributed by atoms with Crippen molar-refractivity contribution in [2.45, 2.75) is 19.9 Å². The highest BCUT2D eigenvalue weighted by molar-refractivity contribution is 5.77. The molecule has 0 atom stereocenters. The van der Waals surface area contributed by atoms with E-state index in [-0.39, 0.29) is 5.91 Å². The summed E-state index contributed by atoms with van der Waals surface area (Å²) < 4.78 is 4.98. The van der Waals surface area contributed by atoms with E-state index in [9.17, 15) is 4.79 Å². The molecule has 0 unspecified atom stereocenters. The largest absolute Gasteiger partial charge is 0.385 e. The van der Waals surface area contributed by atoms with Crippen LogP contribution in [0.25, 0.3) is 0 Å². The summed E-state index contributed by atoms with van der Waals surface area (Å²) in [7, 11) is 3.63. The van der Waals surface area contributed by atoms with Crippen LogP contribution in [-0.2, 0) is 16.1 Å². The Bertz CT molecular complexity index is 376. The number of nitrogens with zero attached hydrogens (tertiary/aromatic N) is 1. The van der Waals surface area contributed by atoms with E-state index in [0.29, 0.717) is 13.1 Å². The Labute approximate surface area is 115 Å². The molecule has 1 amide bonds. The number of rotatable bonds is 8. The van der Waals surface area contributed by atoms with E-state index in [1.807, 2.05) is 24.1 Å². The minimum atomic E-state index is 0.0560. The molecule has 0 saturated carbocycles. The number of aryl methyl sites for hydroxylation is 1. The molecule has 0 saturated heterocycles. The van der Waals surface area contributed by atoms with Gasteiger partial charge in [-0.25, -0.2) is 0 Å². The smallest absolute Gasteiger partial charge is 0.234 e. The maximum atomic E-state index is 11.7. The van der Waals surface area contributed by atoms with Gasteiger partial charge in [0.25, 0.3) is 0 Å². The van der Waals surface area contributed by atoms with Crippen molar-refractivity contribution in [1.29, 1.82) is 0 Å². The van der Waals surface area contributed by atoms with Gasteiger partial charge in [-0.05, 0) is 26.0 Å². The molecular weight excluding hydrogens is 240 g/mol. The molecule has 4 heteroatoms. The maximum absolute atomic E-state index is 11.7. The fraction of sp³-hybridized carbons (Fsp3) is 0.533. The van der Waals surface area contributed by atoms with Crippen molar-refractivity contribution in [3.8, 4) is 0 Å². The highest BCUT2D eigenvalue weighted by Crippen LogP contribution is 2.02. The van der Waals surface area contributed by atoms with Gasteiger partial charge in [0.05, 0.1) is 6.54 Å². The number of carbonyl (C=O) groups is 1. The average molecular weight is 264 g/mol. The first kappa shape index (κ1) is 15.7. The number of methoxy groups -OCH3 is 1. The zero-order chi connectivity index (χ0) is 14.1. The van der Waals surface area contributed by atoms with E-state index in [1.165, 1.54) is 5.56 Å². The molecule has 0 spiro atoms. The summed E-state index contributed by atoms with van der Waals surface area (Å²) in [5, 5.41) is 2.93. The minimum absolute atomic E-state index is 0.0560. The van der Waals surface area contributed by atoms with Crippen LogP contribution >= 0.6 is 0 Å². The van der Waals surface area contributed by atoms with E-state index in [1.54, 1.807) is 7.11 Å². The number of ether oxygens (including phenoxy) is 1. The van der Waals surface area contributed by atoms with Gasteiger partial charge < -0.3 is 10.1 Å². The summed E-state index contributed by atoms with van der Waals surface area (Å²) >= 11 is 0. The fourth-order valence-electron chi connectivity index (χ4n) is 1.77. The van der Waals surface area contributed by atoms with Crippen molar-refractivity contribution in [2.24, 2.45) is 0 Å². The molecule has 1 rings (SSSR count). The summed E-state index contributed by atoms with van der Waals surface area (Å²) in [6.45, 7) is 4.67. The van der Waals surface area contributed by atoms with Crippen molar-refractivity contribution < 1.29 is 9.53 Å². The van der Waals surface area contributed by atoms with E-state index in [0.717, 1.165) is 25.1 Å². The molecule has 0 radical (unpaired) electrons. The molecule has 0 aliphatic heterocycles. The Kier molecular flexibility index (Phi) is 7.15. The van der Waals surface area contributed by atoms with Crippen LogP contribution < -0.4 is 5.32 Å². The van der Waals surface area contributed by atoms with E-state index in [4.69, 9.17) is 4.74 Å². The molecule has 0 aromatic heterocycles. The lowest BCUT2D eigenvalue weighted by molar-refractivity contribution is -0.122. The molecule has 0 aliphatic carbocycles. The Hall–Kier alpha value is -1.39. The first-order valence-electron chi connectivity index (χ1n) is 6.61. The number of nitrogens with one attached hydrogen (secondary N) is 1. The maximum Gasteiger partial charge on any atom is 0.234 e. The Balaban J connectivity index is 2.22. The van der Waals surface area contributed by atoms with Gasteiger partial charge in [0, 0.05) is 26.8 Å². The predicted octanol–water partition coefficient (Wildman–Crippen LogP) is 1.58. The van der Waals surface area contributed by atoms with Gasteiger partial charge >= 0.3 is 0 Å². The number of hydrogen-bond donors (Lipinski definition) is 1. The van der Waals surface area contributed by atoms with Crippen molar-refractivity contribution >= 4 is 5.91 Å². The van der Waals surface area contributed by atoms with Crippen molar-refractivity contribution in [3.05, 3.63) is 35.4 Å². The molecule has 1 aromatic carbocycles. The molecule has 1 aromatic rings. The van der Waals surface area contributed by atoms with Crippen LogP contribution in [0.5, 0.6) is 0 Å². The molecule has 0 heterocycles. The van der Waals surface area contributed by atoms with Crippen LogP contribution in [0.1, 0.15) is 17.5 Å².